The molecule has 6 heteroatoms. The van der Waals surface area contributed by atoms with E-state index in [2.05, 4.69) is 5.32 Å². The smallest absolute Gasteiger partial charge is 0.250 e. The number of nitrogens with one attached hydrogen (secondary N) is 1. The van der Waals surface area contributed by atoms with E-state index in [-0.39, 0.29) is 17.9 Å². The molecule has 0 atom stereocenters. The minimum Gasteiger partial charge on any atom is -0.326 e. The van der Waals surface area contributed by atoms with Gasteiger partial charge in [-0.05, 0) is 24.3 Å². The molecule has 0 radical (unpaired) electrons. The molecular weight excluding hydrogens is 290 g/mol. The van der Waals surface area contributed by atoms with Crippen molar-refractivity contribution in [2.75, 3.05) is 5.32 Å². The van der Waals surface area contributed by atoms with Crippen molar-refractivity contribution in [1.29, 1.82) is 5.26 Å². The van der Waals surface area contributed by atoms with E-state index in [0.717, 1.165) is 0 Å². The molecule has 0 spiro atoms. The van der Waals surface area contributed by atoms with Gasteiger partial charge in [0.05, 0.1) is 10.6 Å². The Morgan fingerprint density at radius 2 is 2.14 bits per heavy atom. The number of carbonyl (C=O) groups excluding carboxylic acids is 1. The van der Waals surface area contributed by atoms with Crippen LogP contribution in [0.1, 0.15) is 12.0 Å². The summed E-state index contributed by atoms with van der Waals surface area (Å²) in [7, 11) is 0. The van der Waals surface area contributed by atoms with Crippen molar-refractivity contribution >= 4 is 23.2 Å². The molecule has 1 aromatic heterocycles. The zero-order chi connectivity index (χ0) is 15.2. The van der Waals surface area contributed by atoms with E-state index in [9.17, 15) is 9.59 Å². The summed E-state index contributed by atoms with van der Waals surface area (Å²) in [6, 6.07) is 11.5. The van der Waals surface area contributed by atoms with Gasteiger partial charge in [0.15, 0.2) is 0 Å². The Morgan fingerprint density at radius 3 is 2.86 bits per heavy atom. The maximum absolute atomic E-state index is 11.8. The average molecular weight is 302 g/mol. The molecule has 21 heavy (non-hydrogen) atoms. The quantitative estimate of drug-likeness (QED) is 0.942. The van der Waals surface area contributed by atoms with E-state index in [4.69, 9.17) is 16.9 Å². The van der Waals surface area contributed by atoms with Crippen molar-refractivity contribution in [1.82, 2.24) is 4.57 Å². The Hall–Kier alpha value is -2.58. The Kier molecular flexibility index (Phi) is 4.75. The minimum atomic E-state index is -0.239. The molecule has 0 aliphatic carbocycles. The van der Waals surface area contributed by atoms with Crippen LogP contribution in [0.4, 0.5) is 5.69 Å². The highest BCUT2D eigenvalue weighted by Crippen LogP contribution is 2.19. The van der Waals surface area contributed by atoms with Gasteiger partial charge in [-0.2, -0.15) is 5.26 Å². The molecule has 0 aliphatic heterocycles. The van der Waals surface area contributed by atoms with Gasteiger partial charge in [-0.15, -0.1) is 0 Å². The molecule has 0 unspecified atom stereocenters. The van der Waals surface area contributed by atoms with E-state index < -0.39 is 0 Å². The first-order valence-corrected chi connectivity index (χ1v) is 6.63. The molecule has 0 saturated heterocycles. The van der Waals surface area contributed by atoms with E-state index in [1.54, 1.807) is 30.5 Å². The summed E-state index contributed by atoms with van der Waals surface area (Å²) in [5.74, 6) is -0.239. The molecule has 1 aromatic carbocycles. The lowest BCUT2D eigenvalue weighted by Gasteiger charge is -2.07. The molecule has 0 fully saturated rings. The molecular formula is C15H12ClN3O2. The van der Waals surface area contributed by atoms with Crippen molar-refractivity contribution in [3.8, 4) is 6.07 Å². The summed E-state index contributed by atoms with van der Waals surface area (Å²) in [5.41, 5.74) is 0.652. The third-order valence-corrected chi connectivity index (χ3v) is 3.18. The fourth-order valence-corrected chi connectivity index (χ4v) is 1.94. The number of carbonyl (C=O) groups is 1. The van der Waals surface area contributed by atoms with Crippen molar-refractivity contribution in [2.45, 2.75) is 13.0 Å². The number of pyridine rings is 1. The van der Waals surface area contributed by atoms with Gasteiger partial charge in [0.1, 0.15) is 6.07 Å². The van der Waals surface area contributed by atoms with Gasteiger partial charge in [-0.3, -0.25) is 9.59 Å². The van der Waals surface area contributed by atoms with Crippen molar-refractivity contribution in [2.24, 2.45) is 0 Å². The number of rotatable bonds is 4. The van der Waals surface area contributed by atoms with Gasteiger partial charge in [-0.25, -0.2) is 0 Å². The Balaban J connectivity index is 1.98. The number of nitriles is 1. The van der Waals surface area contributed by atoms with Gasteiger partial charge < -0.3 is 9.88 Å². The first-order valence-electron chi connectivity index (χ1n) is 6.25. The van der Waals surface area contributed by atoms with Gasteiger partial charge in [-0.1, -0.05) is 17.7 Å². The van der Waals surface area contributed by atoms with Crippen LogP contribution in [0, 0.1) is 11.3 Å². The zero-order valence-corrected chi connectivity index (χ0v) is 11.8. The summed E-state index contributed by atoms with van der Waals surface area (Å²) in [4.78, 5) is 23.3. The summed E-state index contributed by atoms with van der Waals surface area (Å²) < 4.78 is 1.46. The molecule has 0 bridgehead atoms. The van der Waals surface area contributed by atoms with Crippen LogP contribution in [0.3, 0.4) is 0 Å². The van der Waals surface area contributed by atoms with Crippen molar-refractivity contribution < 1.29 is 4.79 Å². The van der Waals surface area contributed by atoms with E-state index in [0.29, 0.717) is 22.8 Å². The standard InChI is InChI=1S/C15H12ClN3O2/c16-13-5-4-12(9-11(13)10-17)18-14(20)6-8-19-7-2-1-3-15(19)21/h1-5,7,9H,6,8H2,(H,18,20). The number of benzene rings is 1. The van der Waals surface area contributed by atoms with E-state index >= 15 is 0 Å². The second kappa shape index (κ2) is 6.73. The number of hydrogen-bond acceptors (Lipinski definition) is 3. The molecule has 1 amide bonds. The molecule has 106 valence electrons. The summed E-state index contributed by atoms with van der Waals surface area (Å²) in [5, 5.41) is 11.9. The van der Waals surface area contributed by atoms with Crippen LogP contribution in [-0.2, 0) is 11.3 Å². The van der Waals surface area contributed by atoms with Crippen LogP contribution in [0.25, 0.3) is 0 Å². The van der Waals surface area contributed by atoms with Gasteiger partial charge in [0.25, 0.3) is 5.56 Å². The van der Waals surface area contributed by atoms with Crippen molar-refractivity contribution in [3.05, 3.63) is 63.5 Å². The number of aromatic nitrogens is 1. The number of anilines is 1. The number of hydrogen-bond donors (Lipinski definition) is 1. The third-order valence-electron chi connectivity index (χ3n) is 2.85. The lowest BCUT2D eigenvalue weighted by atomic mass is 10.2. The highest BCUT2D eigenvalue weighted by molar-refractivity contribution is 6.31. The Morgan fingerprint density at radius 1 is 1.33 bits per heavy atom. The second-order valence-electron chi connectivity index (χ2n) is 4.34. The monoisotopic (exact) mass is 301 g/mol. The fourth-order valence-electron chi connectivity index (χ4n) is 1.78. The first kappa shape index (κ1) is 14.8. The molecule has 2 rings (SSSR count). The van der Waals surface area contributed by atoms with E-state index in [1.165, 1.54) is 16.7 Å². The number of amides is 1. The fraction of sp³-hybridized carbons (Fsp3) is 0.133. The van der Waals surface area contributed by atoms with Gasteiger partial charge in [0.2, 0.25) is 5.91 Å². The SMILES string of the molecule is N#Cc1cc(NC(=O)CCn2ccccc2=O)ccc1Cl. The van der Waals surface area contributed by atoms with Crippen LogP contribution in [-0.4, -0.2) is 10.5 Å². The van der Waals surface area contributed by atoms with Gasteiger partial charge >= 0.3 is 0 Å². The van der Waals surface area contributed by atoms with Crippen LogP contribution in [0.2, 0.25) is 5.02 Å². The van der Waals surface area contributed by atoms with Crippen LogP contribution < -0.4 is 10.9 Å². The van der Waals surface area contributed by atoms with E-state index in [1.807, 2.05) is 6.07 Å². The zero-order valence-electron chi connectivity index (χ0n) is 11.0. The predicted molar refractivity (Wildman–Crippen MR) is 80.1 cm³/mol. The third kappa shape index (κ3) is 3.94. The van der Waals surface area contributed by atoms with Crippen molar-refractivity contribution in [3.63, 3.8) is 0 Å². The second-order valence-corrected chi connectivity index (χ2v) is 4.74. The molecule has 1 heterocycles. The lowest BCUT2D eigenvalue weighted by molar-refractivity contribution is -0.116. The molecule has 2 aromatic rings. The average Bonchev–Trinajstić information content (AvgIpc) is 2.48. The number of nitrogens with zero attached hydrogens (tertiary/aromatic N) is 2. The topological polar surface area (TPSA) is 74.9 Å². The summed E-state index contributed by atoms with van der Waals surface area (Å²) in [6.45, 7) is 0.296. The molecule has 5 nitrogen and oxygen atoms in total. The Bertz CT molecular complexity index is 762. The maximum atomic E-state index is 11.8. The Labute approximate surface area is 126 Å². The number of aryl methyl sites for hydroxylation is 1. The molecule has 0 aliphatic rings. The normalized spacial score (nSPS) is 9.90. The van der Waals surface area contributed by atoms with Crippen LogP contribution in [0.15, 0.2) is 47.4 Å². The van der Waals surface area contributed by atoms with Gasteiger partial charge in [0, 0.05) is 30.9 Å². The lowest BCUT2D eigenvalue weighted by Crippen LogP contribution is -2.21. The summed E-state index contributed by atoms with van der Waals surface area (Å²) >= 11 is 5.82. The number of halogens is 1. The highest BCUT2D eigenvalue weighted by Gasteiger charge is 2.06. The van der Waals surface area contributed by atoms with Crippen LogP contribution >= 0.6 is 11.6 Å². The summed E-state index contributed by atoms with van der Waals surface area (Å²) in [6.07, 6.45) is 1.79. The first-order chi connectivity index (χ1) is 10.1. The predicted octanol–water partition coefficient (Wildman–Crippen LogP) is 2.40. The molecule has 1 N–H and O–H groups in total. The highest BCUT2D eigenvalue weighted by atomic mass is 35.5. The maximum Gasteiger partial charge on any atom is 0.250 e. The molecule has 0 saturated carbocycles. The largest absolute Gasteiger partial charge is 0.326 e. The van der Waals surface area contributed by atoms with Crippen LogP contribution in [0.5, 0.6) is 0 Å². The minimum absolute atomic E-state index is 0.149.